The first-order chi connectivity index (χ1) is 7.72. The Bertz CT molecular complexity index is 534. The van der Waals surface area contributed by atoms with Gasteiger partial charge < -0.3 is 4.74 Å². The highest BCUT2D eigenvalue weighted by Crippen LogP contribution is 2.19. The van der Waals surface area contributed by atoms with Gasteiger partial charge in [-0.3, -0.25) is 0 Å². The van der Waals surface area contributed by atoms with Crippen LogP contribution in [0.2, 0.25) is 0 Å². The van der Waals surface area contributed by atoms with Gasteiger partial charge in [-0.25, -0.2) is 9.18 Å². The summed E-state index contributed by atoms with van der Waals surface area (Å²) in [6, 6.07) is 10.2. The number of carbonyl (C=O) groups is 1. The maximum atomic E-state index is 13.6. The quantitative estimate of drug-likeness (QED) is 0.724. The molecule has 0 aliphatic rings. The van der Waals surface area contributed by atoms with Crippen LogP contribution < -0.4 is 0 Å². The number of esters is 1. The Morgan fingerprint density at radius 3 is 2.50 bits per heavy atom. The van der Waals surface area contributed by atoms with Gasteiger partial charge in [0.15, 0.2) is 0 Å². The number of hydrogen-bond acceptors (Lipinski definition) is 2. The molecule has 3 heteroatoms. The zero-order chi connectivity index (χ0) is 11.5. The molecule has 0 amide bonds. The summed E-state index contributed by atoms with van der Waals surface area (Å²) >= 11 is 0. The molecule has 16 heavy (non-hydrogen) atoms. The molecule has 2 aromatic rings. The Kier molecular flexibility index (Phi) is 2.86. The van der Waals surface area contributed by atoms with Crippen molar-refractivity contribution in [2.75, 3.05) is 6.61 Å². The monoisotopic (exact) mass is 218 g/mol. The first kappa shape index (κ1) is 10.6. The fourth-order valence-corrected chi connectivity index (χ4v) is 1.58. The van der Waals surface area contributed by atoms with Crippen molar-refractivity contribution >= 4 is 16.7 Å². The molecule has 0 bridgehead atoms. The number of rotatable bonds is 2. The number of halogens is 1. The van der Waals surface area contributed by atoms with E-state index >= 15 is 0 Å². The smallest absolute Gasteiger partial charge is 0.341 e. The fourth-order valence-electron chi connectivity index (χ4n) is 1.58. The molecular formula is C13H11FO2. The van der Waals surface area contributed by atoms with Crippen molar-refractivity contribution in [3.63, 3.8) is 0 Å². The average Bonchev–Trinajstić information content (AvgIpc) is 2.28. The van der Waals surface area contributed by atoms with Crippen LogP contribution >= 0.6 is 0 Å². The number of hydrogen-bond donors (Lipinski definition) is 0. The van der Waals surface area contributed by atoms with Crippen molar-refractivity contribution in [1.29, 1.82) is 0 Å². The van der Waals surface area contributed by atoms with E-state index in [9.17, 15) is 9.18 Å². The third-order valence-corrected chi connectivity index (χ3v) is 2.33. The topological polar surface area (TPSA) is 26.3 Å². The van der Waals surface area contributed by atoms with E-state index in [4.69, 9.17) is 4.74 Å². The van der Waals surface area contributed by atoms with Crippen molar-refractivity contribution in [2.24, 2.45) is 0 Å². The molecule has 0 saturated heterocycles. The third kappa shape index (κ3) is 1.89. The Balaban J connectivity index is 2.54. The number of ether oxygens (including phenoxy) is 1. The van der Waals surface area contributed by atoms with Crippen LogP contribution in [0.4, 0.5) is 4.39 Å². The van der Waals surface area contributed by atoms with Gasteiger partial charge in [0, 0.05) is 0 Å². The summed E-state index contributed by atoms with van der Waals surface area (Å²) in [7, 11) is 0. The Morgan fingerprint density at radius 2 is 1.88 bits per heavy atom. The summed E-state index contributed by atoms with van der Waals surface area (Å²) in [6.45, 7) is 1.93. The van der Waals surface area contributed by atoms with Gasteiger partial charge in [0.05, 0.1) is 12.2 Å². The van der Waals surface area contributed by atoms with Gasteiger partial charge in [0.25, 0.3) is 0 Å². The van der Waals surface area contributed by atoms with E-state index in [-0.39, 0.29) is 12.2 Å². The number of carbonyl (C=O) groups excluding carboxylic acids is 1. The summed E-state index contributed by atoms with van der Waals surface area (Å²) in [5, 5.41) is 1.60. The lowest BCUT2D eigenvalue weighted by atomic mass is 10.1. The fraction of sp³-hybridized carbons (Fsp3) is 0.154. The van der Waals surface area contributed by atoms with E-state index in [1.807, 2.05) is 18.2 Å². The highest BCUT2D eigenvalue weighted by atomic mass is 19.1. The molecule has 0 aliphatic carbocycles. The summed E-state index contributed by atoms with van der Waals surface area (Å²) < 4.78 is 18.4. The predicted molar refractivity (Wildman–Crippen MR) is 59.9 cm³/mol. The van der Waals surface area contributed by atoms with Crippen LogP contribution in [0.25, 0.3) is 10.8 Å². The van der Waals surface area contributed by atoms with E-state index in [2.05, 4.69) is 0 Å². The third-order valence-electron chi connectivity index (χ3n) is 2.33. The van der Waals surface area contributed by atoms with E-state index in [0.29, 0.717) is 0 Å². The maximum Gasteiger partial charge on any atom is 0.341 e. The largest absolute Gasteiger partial charge is 0.462 e. The van der Waals surface area contributed by atoms with Crippen LogP contribution in [-0.2, 0) is 4.74 Å². The molecule has 0 unspecified atom stereocenters. The van der Waals surface area contributed by atoms with Gasteiger partial charge in [0.1, 0.15) is 5.82 Å². The van der Waals surface area contributed by atoms with E-state index in [0.717, 1.165) is 10.8 Å². The zero-order valence-electron chi connectivity index (χ0n) is 8.87. The van der Waals surface area contributed by atoms with Crippen LogP contribution in [-0.4, -0.2) is 12.6 Å². The molecule has 0 aliphatic heterocycles. The van der Waals surface area contributed by atoms with Crippen molar-refractivity contribution < 1.29 is 13.9 Å². The number of fused-ring (bicyclic) bond motifs is 1. The van der Waals surface area contributed by atoms with Gasteiger partial charge in [-0.15, -0.1) is 0 Å². The van der Waals surface area contributed by atoms with Crippen LogP contribution in [0, 0.1) is 5.82 Å². The molecular weight excluding hydrogens is 207 g/mol. The van der Waals surface area contributed by atoms with Gasteiger partial charge >= 0.3 is 5.97 Å². The molecule has 0 heterocycles. The van der Waals surface area contributed by atoms with Crippen LogP contribution in [0.15, 0.2) is 36.4 Å². The molecule has 0 atom stereocenters. The van der Waals surface area contributed by atoms with Gasteiger partial charge in [-0.05, 0) is 29.8 Å². The second kappa shape index (κ2) is 4.31. The van der Waals surface area contributed by atoms with Crippen LogP contribution in [0.1, 0.15) is 17.3 Å². The molecule has 0 spiro atoms. The Hall–Kier alpha value is -1.90. The molecule has 0 radical (unpaired) electrons. The van der Waals surface area contributed by atoms with Crippen LogP contribution in [0.5, 0.6) is 0 Å². The van der Waals surface area contributed by atoms with Crippen molar-refractivity contribution in [2.45, 2.75) is 6.92 Å². The number of benzene rings is 2. The molecule has 0 saturated carbocycles. The van der Waals surface area contributed by atoms with Gasteiger partial charge in [-0.1, -0.05) is 24.3 Å². The highest BCUT2D eigenvalue weighted by molar-refractivity contribution is 5.95. The highest BCUT2D eigenvalue weighted by Gasteiger charge is 2.13. The molecule has 2 aromatic carbocycles. The van der Waals surface area contributed by atoms with Crippen molar-refractivity contribution in [3.8, 4) is 0 Å². The molecule has 2 nitrogen and oxygen atoms in total. The SMILES string of the molecule is CCOC(=O)c1cc2ccccc2cc1F. The van der Waals surface area contributed by atoms with Gasteiger partial charge in [-0.2, -0.15) is 0 Å². The molecule has 82 valence electrons. The lowest BCUT2D eigenvalue weighted by Crippen LogP contribution is -2.07. The van der Waals surface area contributed by atoms with Gasteiger partial charge in [0.2, 0.25) is 0 Å². The van der Waals surface area contributed by atoms with Crippen LogP contribution in [0.3, 0.4) is 0 Å². The summed E-state index contributed by atoms with van der Waals surface area (Å²) in [6.07, 6.45) is 0. The lowest BCUT2D eigenvalue weighted by molar-refractivity contribution is 0.0521. The standard InChI is InChI=1S/C13H11FO2/c1-2-16-13(15)11-7-9-5-3-4-6-10(9)8-12(11)14/h3-8H,2H2,1H3. The zero-order valence-corrected chi connectivity index (χ0v) is 8.87. The molecule has 0 aromatic heterocycles. The minimum atomic E-state index is -0.620. The molecule has 0 fully saturated rings. The minimum Gasteiger partial charge on any atom is -0.462 e. The Labute approximate surface area is 92.6 Å². The molecule has 0 N–H and O–H groups in total. The van der Waals surface area contributed by atoms with E-state index in [1.54, 1.807) is 13.0 Å². The van der Waals surface area contributed by atoms with Crippen molar-refractivity contribution in [1.82, 2.24) is 0 Å². The van der Waals surface area contributed by atoms with E-state index < -0.39 is 11.8 Å². The van der Waals surface area contributed by atoms with E-state index in [1.165, 1.54) is 12.1 Å². The second-order valence-corrected chi connectivity index (χ2v) is 3.40. The summed E-state index contributed by atoms with van der Waals surface area (Å²) in [5.41, 5.74) is -0.0134. The first-order valence-electron chi connectivity index (χ1n) is 5.08. The molecule has 2 rings (SSSR count). The lowest BCUT2D eigenvalue weighted by Gasteiger charge is -2.05. The maximum absolute atomic E-state index is 13.6. The Morgan fingerprint density at radius 1 is 1.25 bits per heavy atom. The average molecular weight is 218 g/mol. The second-order valence-electron chi connectivity index (χ2n) is 3.40. The first-order valence-corrected chi connectivity index (χ1v) is 5.08. The summed E-state index contributed by atoms with van der Waals surface area (Å²) in [5.74, 6) is -1.16. The minimum absolute atomic E-state index is 0.0134. The summed E-state index contributed by atoms with van der Waals surface area (Å²) in [4.78, 5) is 11.4. The predicted octanol–water partition coefficient (Wildman–Crippen LogP) is 3.16. The van der Waals surface area contributed by atoms with Crippen molar-refractivity contribution in [3.05, 3.63) is 47.8 Å². The normalized spacial score (nSPS) is 10.4.